The summed E-state index contributed by atoms with van der Waals surface area (Å²) in [6.07, 6.45) is -0.167. The van der Waals surface area contributed by atoms with E-state index in [2.05, 4.69) is 0 Å². The fourth-order valence-corrected chi connectivity index (χ4v) is 1.03. The maximum absolute atomic E-state index is 11.4. The van der Waals surface area contributed by atoms with Crippen LogP contribution in [0.4, 0.5) is 0 Å². The molecule has 0 bridgehead atoms. The van der Waals surface area contributed by atoms with Gasteiger partial charge in [-0.25, -0.2) is 0 Å². The molecule has 4 heteroatoms. The lowest BCUT2D eigenvalue weighted by molar-refractivity contribution is -0.138. The van der Waals surface area contributed by atoms with Crippen LogP contribution in [-0.4, -0.2) is 22.9 Å². The number of benzene rings is 1. The van der Waals surface area contributed by atoms with Crippen LogP contribution >= 0.6 is 0 Å². The van der Waals surface area contributed by atoms with Crippen molar-refractivity contribution in [3.8, 4) is 0 Å². The molecule has 1 atom stereocenters. The van der Waals surface area contributed by atoms with Crippen LogP contribution in [-0.2, 0) is 4.79 Å². The van der Waals surface area contributed by atoms with Gasteiger partial charge in [0, 0.05) is 12.0 Å². The van der Waals surface area contributed by atoms with Crippen LogP contribution < -0.4 is 5.73 Å². The van der Waals surface area contributed by atoms with Crippen molar-refractivity contribution in [3.05, 3.63) is 35.9 Å². The molecule has 0 saturated heterocycles. The number of carboxylic acid groups (broad SMARTS) is 1. The highest BCUT2D eigenvalue weighted by atomic mass is 16.4. The van der Waals surface area contributed by atoms with Crippen molar-refractivity contribution in [2.45, 2.75) is 12.5 Å². The van der Waals surface area contributed by atoms with Gasteiger partial charge >= 0.3 is 5.97 Å². The molecular formula is C10H11NO3. The molecule has 0 aliphatic carbocycles. The van der Waals surface area contributed by atoms with E-state index in [9.17, 15) is 9.59 Å². The van der Waals surface area contributed by atoms with E-state index >= 15 is 0 Å². The number of carbonyl (C=O) groups excluding carboxylic acids is 1. The average Bonchev–Trinajstić information content (AvgIpc) is 2.19. The summed E-state index contributed by atoms with van der Waals surface area (Å²) in [5.74, 6) is -1.41. The quantitative estimate of drug-likeness (QED) is 0.689. The molecule has 74 valence electrons. The van der Waals surface area contributed by atoms with Crippen LogP contribution in [0.25, 0.3) is 0 Å². The molecule has 0 amide bonds. The van der Waals surface area contributed by atoms with E-state index in [-0.39, 0.29) is 12.2 Å². The highest BCUT2D eigenvalue weighted by molar-refractivity contribution is 5.98. The van der Waals surface area contributed by atoms with Gasteiger partial charge in [0.25, 0.3) is 0 Å². The molecule has 0 radical (unpaired) electrons. The van der Waals surface area contributed by atoms with Crippen LogP contribution in [0.3, 0.4) is 0 Å². The van der Waals surface area contributed by atoms with Gasteiger partial charge in [0.1, 0.15) is 6.04 Å². The van der Waals surface area contributed by atoms with Gasteiger partial charge in [0.15, 0.2) is 5.78 Å². The lowest BCUT2D eigenvalue weighted by Gasteiger charge is -2.04. The van der Waals surface area contributed by atoms with Crippen LogP contribution in [0.15, 0.2) is 30.3 Å². The van der Waals surface area contributed by atoms with E-state index in [1.165, 1.54) is 0 Å². The minimum Gasteiger partial charge on any atom is -0.480 e. The second kappa shape index (κ2) is 4.53. The monoisotopic (exact) mass is 193 g/mol. The Morgan fingerprint density at radius 3 is 2.36 bits per heavy atom. The number of nitrogens with two attached hydrogens (primary N) is 1. The second-order valence-electron chi connectivity index (χ2n) is 2.94. The SMILES string of the molecule is NC(CC(=O)c1ccccc1)C(=O)O. The van der Waals surface area contributed by atoms with E-state index in [4.69, 9.17) is 10.8 Å². The number of ketones is 1. The first-order valence-electron chi connectivity index (χ1n) is 4.18. The van der Waals surface area contributed by atoms with Crippen LogP contribution in [0.2, 0.25) is 0 Å². The number of rotatable bonds is 4. The molecule has 0 aliphatic rings. The Kier molecular flexibility index (Phi) is 3.36. The average molecular weight is 193 g/mol. The number of carboxylic acids is 1. The van der Waals surface area contributed by atoms with Crippen molar-refractivity contribution in [1.29, 1.82) is 0 Å². The number of aliphatic carboxylic acids is 1. The number of carbonyl (C=O) groups is 2. The Balaban J connectivity index is 2.64. The zero-order valence-corrected chi connectivity index (χ0v) is 7.51. The fourth-order valence-electron chi connectivity index (χ4n) is 1.03. The zero-order chi connectivity index (χ0) is 10.6. The van der Waals surface area contributed by atoms with E-state index in [0.717, 1.165) is 0 Å². The van der Waals surface area contributed by atoms with Crippen molar-refractivity contribution in [2.24, 2.45) is 5.73 Å². The van der Waals surface area contributed by atoms with Crippen molar-refractivity contribution < 1.29 is 14.7 Å². The Hall–Kier alpha value is -1.68. The first-order valence-corrected chi connectivity index (χ1v) is 4.18. The molecule has 4 nitrogen and oxygen atoms in total. The molecule has 1 aromatic carbocycles. The summed E-state index contributed by atoms with van der Waals surface area (Å²) in [5.41, 5.74) is 5.72. The Labute approximate surface area is 81.3 Å². The van der Waals surface area contributed by atoms with Gasteiger partial charge in [0.05, 0.1) is 0 Å². The summed E-state index contributed by atoms with van der Waals surface area (Å²) in [4.78, 5) is 21.8. The molecule has 0 aromatic heterocycles. The van der Waals surface area contributed by atoms with Gasteiger partial charge < -0.3 is 10.8 Å². The summed E-state index contributed by atoms with van der Waals surface area (Å²) < 4.78 is 0. The van der Waals surface area contributed by atoms with Crippen molar-refractivity contribution in [1.82, 2.24) is 0 Å². The predicted molar refractivity (Wildman–Crippen MR) is 51.0 cm³/mol. The van der Waals surface area contributed by atoms with Crippen molar-refractivity contribution in [3.63, 3.8) is 0 Å². The van der Waals surface area contributed by atoms with E-state index in [1.54, 1.807) is 30.3 Å². The third kappa shape index (κ3) is 2.67. The van der Waals surface area contributed by atoms with Gasteiger partial charge in [-0.05, 0) is 0 Å². The Morgan fingerprint density at radius 2 is 1.86 bits per heavy atom. The first kappa shape index (κ1) is 10.4. The predicted octanol–water partition coefficient (Wildman–Crippen LogP) is 0.671. The van der Waals surface area contributed by atoms with Crippen molar-refractivity contribution in [2.75, 3.05) is 0 Å². The standard InChI is InChI=1S/C10H11NO3/c11-8(10(13)14)6-9(12)7-4-2-1-3-5-7/h1-5,8H,6,11H2,(H,13,14). The molecule has 1 unspecified atom stereocenters. The maximum Gasteiger partial charge on any atom is 0.320 e. The molecule has 0 spiro atoms. The minimum atomic E-state index is -1.16. The van der Waals surface area contributed by atoms with E-state index < -0.39 is 12.0 Å². The fraction of sp³-hybridized carbons (Fsp3) is 0.200. The minimum absolute atomic E-state index is 0.167. The lowest BCUT2D eigenvalue weighted by Crippen LogP contribution is -2.32. The normalized spacial score (nSPS) is 12.1. The topological polar surface area (TPSA) is 80.4 Å². The highest BCUT2D eigenvalue weighted by Crippen LogP contribution is 2.04. The molecular weight excluding hydrogens is 182 g/mol. The summed E-state index contributed by atoms with van der Waals surface area (Å²) in [6.45, 7) is 0. The van der Waals surface area contributed by atoms with Gasteiger partial charge in [0.2, 0.25) is 0 Å². The highest BCUT2D eigenvalue weighted by Gasteiger charge is 2.16. The molecule has 0 aliphatic heterocycles. The third-order valence-corrected chi connectivity index (χ3v) is 1.82. The lowest BCUT2D eigenvalue weighted by atomic mass is 10.0. The van der Waals surface area contributed by atoms with Crippen LogP contribution in [0.5, 0.6) is 0 Å². The number of hydrogen-bond donors (Lipinski definition) is 2. The van der Waals surface area contributed by atoms with Gasteiger partial charge in [-0.15, -0.1) is 0 Å². The van der Waals surface area contributed by atoms with Gasteiger partial charge in [-0.2, -0.15) is 0 Å². The zero-order valence-electron chi connectivity index (χ0n) is 7.51. The van der Waals surface area contributed by atoms with Crippen molar-refractivity contribution >= 4 is 11.8 Å². The van der Waals surface area contributed by atoms with E-state index in [1.807, 2.05) is 0 Å². The first-order chi connectivity index (χ1) is 6.61. The summed E-state index contributed by atoms with van der Waals surface area (Å²) in [7, 11) is 0. The van der Waals surface area contributed by atoms with E-state index in [0.29, 0.717) is 5.56 Å². The molecule has 0 heterocycles. The summed E-state index contributed by atoms with van der Waals surface area (Å²) in [5, 5.41) is 8.50. The largest absolute Gasteiger partial charge is 0.480 e. The van der Waals surface area contributed by atoms with Gasteiger partial charge in [-0.1, -0.05) is 30.3 Å². The summed E-state index contributed by atoms with van der Waals surface area (Å²) in [6, 6.07) is 7.38. The van der Waals surface area contributed by atoms with Gasteiger partial charge in [-0.3, -0.25) is 9.59 Å². The molecule has 1 rings (SSSR count). The molecule has 3 N–H and O–H groups in total. The Bertz CT molecular complexity index is 334. The molecule has 0 fully saturated rings. The summed E-state index contributed by atoms with van der Waals surface area (Å²) >= 11 is 0. The molecule has 1 aromatic rings. The number of Topliss-reactive ketones (excluding diaryl/α,β-unsaturated/α-hetero) is 1. The second-order valence-corrected chi connectivity index (χ2v) is 2.94. The van der Waals surface area contributed by atoms with Crippen LogP contribution in [0.1, 0.15) is 16.8 Å². The smallest absolute Gasteiger partial charge is 0.320 e. The number of hydrogen-bond acceptors (Lipinski definition) is 3. The molecule has 0 saturated carbocycles. The van der Waals surface area contributed by atoms with Crippen LogP contribution in [0, 0.1) is 0 Å². The maximum atomic E-state index is 11.4. The Morgan fingerprint density at radius 1 is 1.29 bits per heavy atom. The third-order valence-electron chi connectivity index (χ3n) is 1.82. The molecule has 14 heavy (non-hydrogen) atoms.